The van der Waals surface area contributed by atoms with Crippen molar-refractivity contribution < 1.29 is 4.79 Å². The Labute approximate surface area is 215 Å². The topological polar surface area (TPSA) is 77.1 Å². The number of likely N-dealkylation sites (N-methyl/N-ethyl adjacent to an activating group) is 1. The van der Waals surface area contributed by atoms with Crippen LogP contribution in [-0.2, 0) is 4.79 Å². The van der Waals surface area contributed by atoms with Gasteiger partial charge in [-0.25, -0.2) is 4.98 Å². The molecule has 2 aromatic heterocycles. The number of nitrogens with one attached hydrogen (secondary N) is 2. The lowest BCUT2D eigenvalue weighted by Crippen LogP contribution is -2.47. The number of fused-ring (bicyclic) bond motifs is 1. The molecule has 0 saturated carbocycles. The summed E-state index contributed by atoms with van der Waals surface area (Å²) in [4.78, 5) is 22.9. The molecule has 36 heavy (non-hydrogen) atoms. The molecule has 3 heterocycles. The Bertz CT molecular complexity index is 1360. The van der Waals surface area contributed by atoms with Crippen LogP contribution in [0.2, 0.25) is 5.02 Å². The zero-order valence-electron chi connectivity index (χ0n) is 20.2. The summed E-state index contributed by atoms with van der Waals surface area (Å²) in [7, 11) is 2.14. The molecule has 5 rings (SSSR count). The van der Waals surface area contributed by atoms with Gasteiger partial charge in [-0.1, -0.05) is 54.1 Å². The molecular weight excluding hydrogens is 472 g/mol. The first kappa shape index (κ1) is 24.2. The number of aromatic nitrogens is 3. The predicted molar refractivity (Wildman–Crippen MR) is 144 cm³/mol. The zero-order valence-corrected chi connectivity index (χ0v) is 20.9. The van der Waals surface area contributed by atoms with Crippen molar-refractivity contribution in [2.24, 2.45) is 0 Å². The third-order valence-corrected chi connectivity index (χ3v) is 6.81. The normalized spacial score (nSPS) is 16.2. The molecule has 2 N–H and O–H groups in total. The quantitative estimate of drug-likeness (QED) is 0.371. The number of hydrogen-bond donors (Lipinski definition) is 2. The van der Waals surface area contributed by atoms with Gasteiger partial charge in [0.1, 0.15) is 0 Å². The number of carbonyl (C=O) groups excluding carboxylic acids is 1. The first-order valence-corrected chi connectivity index (χ1v) is 12.5. The second-order valence-electron chi connectivity index (χ2n) is 9.12. The number of benzene rings is 2. The van der Waals surface area contributed by atoms with E-state index >= 15 is 0 Å². The second-order valence-corrected chi connectivity index (χ2v) is 9.56. The first-order valence-electron chi connectivity index (χ1n) is 12.1. The van der Waals surface area contributed by atoms with E-state index < -0.39 is 0 Å². The van der Waals surface area contributed by atoms with Gasteiger partial charge in [0.2, 0.25) is 0 Å². The fourth-order valence-corrected chi connectivity index (χ4v) is 4.69. The van der Waals surface area contributed by atoms with Crippen LogP contribution in [0.1, 0.15) is 22.9 Å². The van der Waals surface area contributed by atoms with Crippen LogP contribution in [0.4, 0.5) is 0 Å². The Morgan fingerprint density at radius 2 is 1.89 bits per heavy atom. The van der Waals surface area contributed by atoms with Crippen LogP contribution in [0.25, 0.3) is 22.7 Å². The zero-order chi connectivity index (χ0) is 24.9. The molecule has 0 spiro atoms. The van der Waals surface area contributed by atoms with E-state index in [1.165, 1.54) is 0 Å². The number of carbonyl (C=O) groups is 1. The van der Waals surface area contributed by atoms with Crippen molar-refractivity contribution in [3.63, 3.8) is 0 Å². The van der Waals surface area contributed by atoms with E-state index in [9.17, 15) is 4.79 Å². The molecule has 1 atom stereocenters. The maximum Gasteiger partial charge on any atom is 0.252 e. The number of aromatic amines is 1. The van der Waals surface area contributed by atoms with Crippen molar-refractivity contribution in [2.75, 3.05) is 39.8 Å². The van der Waals surface area contributed by atoms with Crippen molar-refractivity contribution in [1.29, 1.82) is 0 Å². The molecule has 0 aliphatic carbocycles. The number of amides is 1. The Morgan fingerprint density at radius 3 is 2.67 bits per heavy atom. The number of H-pyrrole nitrogens is 1. The summed E-state index contributed by atoms with van der Waals surface area (Å²) >= 11 is 6.31. The van der Waals surface area contributed by atoms with Gasteiger partial charge < -0.3 is 10.2 Å². The summed E-state index contributed by atoms with van der Waals surface area (Å²) in [6, 6.07) is 21.1. The average molecular weight is 501 g/mol. The number of rotatable bonds is 7. The maximum atomic E-state index is 13.9. The SMILES string of the molecule is CN1CCN(C[C@@H](NC(=O)/C(=C/c2[nH]nc3ncccc23)c2cccc(Cl)c2)c2ccccc2)CC1. The van der Waals surface area contributed by atoms with Gasteiger partial charge in [-0.05, 0) is 48.5 Å². The van der Waals surface area contributed by atoms with Crippen LogP contribution in [0.3, 0.4) is 0 Å². The van der Waals surface area contributed by atoms with Gasteiger partial charge in [0.05, 0.1) is 11.7 Å². The van der Waals surface area contributed by atoms with Gasteiger partial charge in [-0.15, -0.1) is 0 Å². The molecule has 1 amide bonds. The molecule has 1 aliphatic heterocycles. The van der Waals surface area contributed by atoms with E-state index in [-0.39, 0.29) is 11.9 Å². The van der Waals surface area contributed by atoms with Crippen LogP contribution in [0.5, 0.6) is 0 Å². The summed E-state index contributed by atoms with van der Waals surface area (Å²) < 4.78 is 0. The molecule has 8 heteroatoms. The van der Waals surface area contributed by atoms with Crippen LogP contribution in [0.15, 0.2) is 72.9 Å². The lowest BCUT2D eigenvalue weighted by atomic mass is 10.0. The highest BCUT2D eigenvalue weighted by molar-refractivity contribution is 6.31. The van der Waals surface area contributed by atoms with Gasteiger partial charge in [-0.3, -0.25) is 14.8 Å². The Kier molecular flexibility index (Phi) is 7.41. The standard InChI is InChI=1S/C28H29ClN6O/c1-34-13-15-35(16-14-34)19-26(20-7-3-2-4-8-20)31-28(36)24(21-9-5-10-22(29)17-21)18-25-23-11-6-12-30-27(23)33-32-25/h2-12,17-18,26H,13-16,19H2,1H3,(H,31,36)(H,30,32,33)/b24-18+/t26-/m1/s1. The summed E-state index contributed by atoms with van der Waals surface area (Å²) in [6.07, 6.45) is 3.53. The Balaban J connectivity index is 1.48. The van der Waals surface area contributed by atoms with E-state index in [0.717, 1.165) is 54.9 Å². The van der Waals surface area contributed by atoms with Crippen LogP contribution in [-0.4, -0.2) is 70.7 Å². The van der Waals surface area contributed by atoms with Gasteiger partial charge >= 0.3 is 0 Å². The third-order valence-electron chi connectivity index (χ3n) is 6.57. The molecule has 7 nitrogen and oxygen atoms in total. The van der Waals surface area contributed by atoms with Gasteiger partial charge in [-0.2, -0.15) is 5.10 Å². The van der Waals surface area contributed by atoms with E-state index in [0.29, 0.717) is 16.2 Å². The van der Waals surface area contributed by atoms with Gasteiger partial charge in [0.15, 0.2) is 5.65 Å². The molecule has 1 fully saturated rings. The summed E-state index contributed by atoms with van der Waals surface area (Å²) in [5.74, 6) is -0.174. The minimum absolute atomic E-state index is 0.162. The van der Waals surface area contributed by atoms with Crippen molar-refractivity contribution >= 4 is 40.2 Å². The number of nitrogens with zero attached hydrogens (tertiary/aromatic N) is 4. The molecule has 1 aliphatic rings. The van der Waals surface area contributed by atoms with Crippen molar-refractivity contribution in [1.82, 2.24) is 30.3 Å². The first-order chi connectivity index (χ1) is 17.6. The molecule has 184 valence electrons. The number of pyridine rings is 1. The monoisotopic (exact) mass is 500 g/mol. The van der Waals surface area contributed by atoms with Gasteiger partial charge in [0, 0.05) is 54.9 Å². The largest absolute Gasteiger partial charge is 0.344 e. The van der Waals surface area contributed by atoms with Crippen molar-refractivity contribution in [3.05, 3.63) is 94.8 Å². The Morgan fingerprint density at radius 1 is 1.08 bits per heavy atom. The number of piperazine rings is 1. The minimum Gasteiger partial charge on any atom is -0.344 e. The Hall–Kier alpha value is -3.52. The summed E-state index contributed by atoms with van der Waals surface area (Å²) in [5, 5.41) is 12.0. The van der Waals surface area contributed by atoms with E-state index in [1.54, 1.807) is 12.3 Å². The highest BCUT2D eigenvalue weighted by Gasteiger charge is 2.23. The van der Waals surface area contributed by atoms with Gasteiger partial charge in [0.25, 0.3) is 5.91 Å². The predicted octanol–water partition coefficient (Wildman–Crippen LogP) is 4.26. The fraction of sp³-hybridized carbons (Fsp3) is 0.250. The summed E-state index contributed by atoms with van der Waals surface area (Å²) in [5.41, 5.74) is 3.64. The maximum absolute atomic E-state index is 13.9. The molecule has 4 aromatic rings. The molecule has 2 aromatic carbocycles. The molecule has 0 radical (unpaired) electrons. The van der Waals surface area contributed by atoms with E-state index in [1.807, 2.05) is 54.6 Å². The average Bonchev–Trinajstić information content (AvgIpc) is 3.31. The van der Waals surface area contributed by atoms with E-state index in [4.69, 9.17) is 11.6 Å². The third kappa shape index (κ3) is 5.65. The molecular formula is C28H29ClN6O. The van der Waals surface area contributed by atoms with Crippen LogP contribution < -0.4 is 5.32 Å². The minimum atomic E-state index is -0.174. The smallest absolute Gasteiger partial charge is 0.252 e. The lowest BCUT2D eigenvalue weighted by Gasteiger charge is -2.35. The second kappa shape index (κ2) is 11.0. The van der Waals surface area contributed by atoms with Crippen molar-refractivity contribution in [2.45, 2.75) is 6.04 Å². The highest BCUT2D eigenvalue weighted by Crippen LogP contribution is 2.25. The van der Waals surface area contributed by atoms with Crippen LogP contribution >= 0.6 is 11.6 Å². The summed E-state index contributed by atoms with van der Waals surface area (Å²) in [6.45, 7) is 4.72. The van der Waals surface area contributed by atoms with Crippen LogP contribution in [0, 0.1) is 0 Å². The fourth-order valence-electron chi connectivity index (χ4n) is 4.50. The number of hydrogen-bond acceptors (Lipinski definition) is 5. The molecule has 1 saturated heterocycles. The lowest BCUT2D eigenvalue weighted by molar-refractivity contribution is -0.116. The number of halogens is 1. The van der Waals surface area contributed by atoms with E-state index in [2.05, 4.69) is 49.5 Å². The highest BCUT2D eigenvalue weighted by atomic mass is 35.5. The van der Waals surface area contributed by atoms with Crippen molar-refractivity contribution in [3.8, 4) is 0 Å². The molecule has 0 unspecified atom stereocenters. The molecule has 0 bridgehead atoms.